The van der Waals surface area contributed by atoms with Gasteiger partial charge in [-0.2, -0.15) is 5.10 Å². The van der Waals surface area contributed by atoms with E-state index in [-0.39, 0.29) is 13.0 Å². The van der Waals surface area contributed by atoms with Crippen LogP contribution in [0.2, 0.25) is 10.0 Å². The maximum Gasteiger partial charge on any atom is 0.249 e. The van der Waals surface area contributed by atoms with Crippen molar-refractivity contribution >= 4 is 46.9 Å². The highest BCUT2D eigenvalue weighted by atomic mass is 35.5. The summed E-state index contributed by atoms with van der Waals surface area (Å²) in [5.74, 6) is 0.103. The standard InChI is InChI=1S/C29H29Cl2N3O4/c1-4-6-21-13-20(17-32-34-28(36)16-27(35)33-24-11-7-19(3)8-12-24)14-26(37-5-2)29(21)38-18-22-9-10-23(30)15-25(22)31/h4,7-15,17H,1,5-6,16,18H2,2-3H3,(H,33,35)(H,34,36). The van der Waals surface area contributed by atoms with Gasteiger partial charge in [-0.25, -0.2) is 5.43 Å². The number of amides is 2. The third kappa shape index (κ3) is 8.64. The summed E-state index contributed by atoms with van der Waals surface area (Å²) in [5, 5.41) is 7.74. The third-order valence-corrected chi connectivity index (χ3v) is 5.85. The van der Waals surface area contributed by atoms with Crippen molar-refractivity contribution in [3.63, 3.8) is 0 Å². The van der Waals surface area contributed by atoms with Gasteiger partial charge >= 0.3 is 0 Å². The minimum Gasteiger partial charge on any atom is -0.490 e. The average molecular weight is 554 g/mol. The number of halogens is 2. The highest BCUT2D eigenvalue weighted by Gasteiger charge is 2.15. The topological polar surface area (TPSA) is 89.0 Å². The predicted molar refractivity (Wildman–Crippen MR) is 152 cm³/mol. The summed E-state index contributed by atoms with van der Waals surface area (Å²) in [6.07, 6.45) is 3.38. The SMILES string of the molecule is C=CCc1cc(C=NNC(=O)CC(=O)Nc2ccc(C)cc2)cc(OCC)c1OCc1ccc(Cl)cc1Cl. The number of nitrogens with one attached hydrogen (secondary N) is 2. The number of anilines is 1. The van der Waals surface area contributed by atoms with Gasteiger partial charge in [0.15, 0.2) is 11.5 Å². The van der Waals surface area contributed by atoms with Crippen LogP contribution in [0.3, 0.4) is 0 Å². The fourth-order valence-corrected chi connectivity index (χ4v) is 3.95. The van der Waals surface area contributed by atoms with E-state index >= 15 is 0 Å². The average Bonchev–Trinajstić information content (AvgIpc) is 2.86. The van der Waals surface area contributed by atoms with Gasteiger partial charge in [0.25, 0.3) is 0 Å². The van der Waals surface area contributed by atoms with Gasteiger partial charge in [-0.15, -0.1) is 6.58 Å². The number of aryl methyl sites for hydroxylation is 1. The summed E-state index contributed by atoms with van der Waals surface area (Å²) in [6, 6.07) is 16.1. The largest absolute Gasteiger partial charge is 0.490 e. The summed E-state index contributed by atoms with van der Waals surface area (Å²) >= 11 is 12.3. The van der Waals surface area contributed by atoms with Crippen LogP contribution in [0.15, 0.2) is 72.4 Å². The number of carbonyl (C=O) groups excluding carboxylic acids is 2. The quantitative estimate of drug-likeness (QED) is 0.116. The Bertz CT molecular complexity index is 1320. The van der Waals surface area contributed by atoms with E-state index in [1.165, 1.54) is 6.21 Å². The van der Waals surface area contributed by atoms with E-state index in [1.807, 2.05) is 38.1 Å². The molecule has 0 aliphatic heterocycles. The summed E-state index contributed by atoms with van der Waals surface area (Å²) in [6.45, 7) is 8.29. The maximum atomic E-state index is 12.2. The molecule has 2 amide bonds. The highest BCUT2D eigenvalue weighted by Crippen LogP contribution is 2.35. The lowest BCUT2D eigenvalue weighted by atomic mass is 10.1. The molecule has 0 saturated carbocycles. The van der Waals surface area contributed by atoms with E-state index in [0.717, 1.165) is 16.7 Å². The first-order valence-electron chi connectivity index (χ1n) is 11.9. The van der Waals surface area contributed by atoms with Gasteiger partial charge in [-0.05, 0) is 62.2 Å². The van der Waals surface area contributed by atoms with Crippen molar-refractivity contribution in [2.24, 2.45) is 5.10 Å². The molecular formula is C29H29Cl2N3O4. The molecule has 7 nitrogen and oxygen atoms in total. The van der Waals surface area contributed by atoms with Crippen LogP contribution in [0.1, 0.15) is 35.6 Å². The molecule has 3 aromatic rings. The van der Waals surface area contributed by atoms with Crippen LogP contribution in [-0.4, -0.2) is 24.6 Å². The van der Waals surface area contributed by atoms with Gasteiger partial charge in [0.1, 0.15) is 13.0 Å². The zero-order valence-corrected chi connectivity index (χ0v) is 22.7. The minimum absolute atomic E-state index is 0.217. The second-order valence-corrected chi connectivity index (χ2v) is 9.19. The van der Waals surface area contributed by atoms with Crippen molar-refractivity contribution in [1.82, 2.24) is 5.43 Å². The van der Waals surface area contributed by atoms with Crippen LogP contribution in [-0.2, 0) is 22.6 Å². The summed E-state index contributed by atoms with van der Waals surface area (Å²) in [5.41, 5.74) is 6.35. The van der Waals surface area contributed by atoms with Crippen LogP contribution >= 0.6 is 23.2 Å². The van der Waals surface area contributed by atoms with Crippen molar-refractivity contribution in [3.8, 4) is 11.5 Å². The number of nitrogens with zero attached hydrogens (tertiary/aromatic N) is 1. The lowest BCUT2D eigenvalue weighted by molar-refractivity contribution is -0.126. The summed E-state index contributed by atoms with van der Waals surface area (Å²) in [7, 11) is 0. The smallest absolute Gasteiger partial charge is 0.249 e. The first kappa shape index (κ1) is 28.8. The van der Waals surface area contributed by atoms with Gasteiger partial charge < -0.3 is 14.8 Å². The number of ether oxygens (including phenoxy) is 2. The van der Waals surface area contributed by atoms with Crippen molar-refractivity contribution in [2.45, 2.75) is 33.3 Å². The molecule has 3 rings (SSSR count). The molecular weight excluding hydrogens is 525 g/mol. The molecule has 0 spiro atoms. The monoisotopic (exact) mass is 553 g/mol. The number of carbonyl (C=O) groups is 2. The lowest BCUT2D eigenvalue weighted by Crippen LogP contribution is -2.24. The molecule has 198 valence electrons. The second-order valence-electron chi connectivity index (χ2n) is 8.34. The Morgan fingerprint density at radius 2 is 1.76 bits per heavy atom. The van der Waals surface area contributed by atoms with Gasteiger partial charge in [-0.3, -0.25) is 9.59 Å². The first-order chi connectivity index (χ1) is 18.3. The molecule has 9 heteroatoms. The zero-order valence-electron chi connectivity index (χ0n) is 21.2. The van der Waals surface area contributed by atoms with E-state index in [2.05, 4.69) is 22.4 Å². The minimum atomic E-state index is -0.540. The molecule has 0 unspecified atom stereocenters. The summed E-state index contributed by atoms with van der Waals surface area (Å²) < 4.78 is 11.9. The predicted octanol–water partition coefficient (Wildman–Crippen LogP) is 6.49. The fraction of sp³-hybridized carbons (Fsp3) is 0.207. The Balaban J connectivity index is 1.68. The van der Waals surface area contributed by atoms with E-state index in [9.17, 15) is 9.59 Å². The van der Waals surface area contributed by atoms with Crippen LogP contribution in [0, 0.1) is 6.92 Å². The first-order valence-corrected chi connectivity index (χ1v) is 12.7. The van der Waals surface area contributed by atoms with E-state index in [1.54, 1.807) is 36.4 Å². The van der Waals surface area contributed by atoms with Crippen molar-refractivity contribution < 1.29 is 19.1 Å². The highest BCUT2D eigenvalue weighted by molar-refractivity contribution is 6.35. The Hall–Kier alpha value is -3.81. The normalized spacial score (nSPS) is 10.7. The van der Waals surface area contributed by atoms with Crippen LogP contribution in [0.4, 0.5) is 5.69 Å². The third-order valence-electron chi connectivity index (χ3n) is 5.26. The molecule has 0 bridgehead atoms. The molecule has 3 aromatic carbocycles. The number of allylic oxidation sites excluding steroid dienone is 1. The van der Waals surface area contributed by atoms with Gasteiger partial charge in [0.05, 0.1) is 12.8 Å². The molecule has 0 saturated heterocycles. The van der Waals surface area contributed by atoms with Crippen LogP contribution in [0.25, 0.3) is 0 Å². The molecule has 0 aliphatic carbocycles. The lowest BCUT2D eigenvalue weighted by Gasteiger charge is -2.17. The molecule has 0 heterocycles. The van der Waals surface area contributed by atoms with Crippen molar-refractivity contribution in [2.75, 3.05) is 11.9 Å². The maximum absolute atomic E-state index is 12.2. The van der Waals surface area contributed by atoms with E-state index < -0.39 is 11.8 Å². The Morgan fingerprint density at radius 3 is 2.45 bits per heavy atom. The number of hydrogen-bond donors (Lipinski definition) is 2. The van der Waals surface area contributed by atoms with Gasteiger partial charge in [0.2, 0.25) is 11.8 Å². The van der Waals surface area contributed by atoms with Gasteiger partial charge in [0, 0.05) is 26.9 Å². The number of hydrogen-bond acceptors (Lipinski definition) is 5. The number of rotatable bonds is 12. The Labute approximate surface area is 232 Å². The molecule has 0 radical (unpaired) electrons. The Morgan fingerprint density at radius 1 is 1.00 bits per heavy atom. The zero-order chi connectivity index (χ0) is 27.5. The van der Waals surface area contributed by atoms with Gasteiger partial charge in [-0.1, -0.05) is 53.0 Å². The molecule has 38 heavy (non-hydrogen) atoms. The van der Waals surface area contributed by atoms with Crippen molar-refractivity contribution in [1.29, 1.82) is 0 Å². The van der Waals surface area contributed by atoms with E-state index in [4.69, 9.17) is 32.7 Å². The van der Waals surface area contributed by atoms with Crippen molar-refractivity contribution in [3.05, 3.63) is 99.6 Å². The fourth-order valence-electron chi connectivity index (χ4n) is 3.49. The molecule has 0 atom stereocenters. The molecule has 0 aliphatic rings. The van der Waals surface area contributed by atoms with Crippen LogP contribution in [0.5, 0.6) is 11.5 Å². The van der Waals surface area contributed by atoms with E-state index in [0.29, 0.717) is 45.8 Å². The molecule has 2 N–H and O–H groups in total. The van der Waals surface area contributed by atoms with Crippen LogP contribution < -0.4 is 20.2 Å². The summed E-state index contributed by atoms with van der Waals surface area (Å²) in [4.78, 5) is 24.3. The Kier molecular flexibility index (Phi) is 10.8. The second kappa shape index (κ2) is 14.2. The molecule has 0 fully saturated rings. The number of hydrazone groups is 1. The molecule has 0 aromatic heterocycles. The number of benzene rings is 3.